The zero-order chi connectivity index (χ0) is 13.9. The Kier molecular flexibility index (Phi) is 3.98. The van der Waals surface area contributed by atoms with Crippen molar-refractivity contribution in [1.29, 1.82) is 0 Å². The first-order valence-electron chi connectivity index (χ1n) is 7.37. The lowest BCUT2D eigenvalue weighted by atomic mass is 9.99. The molecule has 3 rings (SSSR count). The Morgan fingerprint density at radius 3 is 3.10 bits per heavy atom. The van der Waals surface area contributed by atoms with Crippen molar-refractivity contribution in [2.24, 2.45) is 0 Å². The number of piperidine rings is 1. The van der Waals surface area contributed by atoms with Gasteiger partial charge in [0.25, 0.3) is 0 Å². The quantitative estimate of drug-likeness (QED) is 0.905. The molecule has 5 heteroatoms. The number of aromatic nitrogens is 1. The Morgan fingerprint density at radius 2 is 2.25 bits per heavy atom. The fraction of sp³-hybridized carbons (Fsp3) is 0.600. The normalized spacial score (nSPS) is 24.3. The molecule has 1 aromatic rings. The van der Waals surface area contributed by atoms with E-state index in [1.54, 1.807) is 6.20 Å². The summed E-state index contributed by atoms with van der Waals surface area (Å²) < 4.78 is 0. The van der Waals surface area contributed by atoms with Crippen LogP contribution in [0.15, 0.2) is 18.3 Å². The zero-order valence-corrected chi connectivity index (χ0v) is 11.7. The maximum absolute atomic E-state index is 11.2. The molecule has 0 radical (unpaired) electrons. The van der Waals surface area contributed by atoms with E-state index in [4.69, 9.17) is 0 Å². The highest BCUT2D eigenvalue weighted by Gasteiger charge is 2.29. The van der Waals surface area contributed by atoms with E-state index in [1.807, 2.05) is 12.1 Å². The molecule has 3 heterocycles. The molecule has 2 aliphatic heterocycles. The Bertz CT molecular complexity index is 492. The first kappa shape index (κ1) is 13.5. The number of piperazine rings is 1. The van der Waals surface area contributed by atoms with Gasteiger partial charge in [0.15, 0.2) is 5.69 Å². The van der Waals surface area contributed by atoms with Gasteiger partial charge in [0.05, 0.1) is 0 Å². The van der Waals surface area contributed by atoms with E-state index in [9.17, 15) is 9.90 Å². The molecule has 1 aromatic heterocycles. The van der Waals surface area contributed by atoms with Crippen LogP contribution in [0.3, 0.4) is 0 Å². The minimum absolute atomic E-state index is 0.193. The molecule has 1 N–H and O–H groups in total. The Morgan fingerprint density at radius 1 is 1.35 bits per heavy atom. The van der Waals surface area contributed by atoms with Crippen LogP contribution in [-0.2, 0) is 6.54 Å². The van der Waals surface area contributed by atoms with Crippen LogP contribution in [0, 0.1) is 0 Å². The zero-order valence-electron chi connectivity index (χ0n) is 11.7. The lowest BCUT2D eigenvalue weighted by Crippen LogP contribution is -2.54. The summed E-state index contributed by atoms with van der Waals surface area (Å²) in [5.41, 5.74) is 1.02. The van der Waals surface area contributed by atoms with Crippen LogP contribution in [0.5, 0.6) is 0 Å². The topological polar surface area (TPSA) is 56.7 Å². The van der Waals surface area contributed by atoms with E-state index in [0.29, 0.717) is 12.6 Å². The number of carboxylic acid groups (broad SMARTS) is 1. The van der Waals surface area contributed by atoms with Crippen molar-refractivity contribution >= 4 is 5.97 Å². The second-order valence-corrected chi connectivity index (χ2v) is 5.74. The molecule has 2 saturated heterocycles. The molecule has 0 amide bonds. The highest BCUT2D eigenvalue weighted by molar-refractivity contribution is 5.86. The molecule has 2 fully saturated rings. The van der Waals surface area contributed by atoms with Crippen LogP contribution < -0.4 is 0 Å². The fourth-order valence-corrected chi connectivity index (χ4v) is 3.36. The Labute approximate surface area is 119 Å². The average Bonchev–Trinajstić information content (AvgIpc) is 2.47. The van der Waals surface area contributed by atoms with Crippen molar-refractivity contribution in [3.8, 4) is 0 Å². The van der Waals surface area contributed by atoms with Crippen LogP contribution >= 0.6 is 0 Å². The largest absolute Gasteiger partial charge is 0.477 e. The predicted octanol–water partition coefficient (Wildman–Crippen LogP) is 1.45. The third-order valence-corrected chi connectivity index (χ3v) is 4.41. The van der Waals surface area contributed by atoms with Gasteiger partial charge in [-0.25, -0.2) is 9.78 Å². The lowest BCUT2D eigenvalue weighted by Gasteiger charge is -2.44. The van der Waals surface area contributed by atoms with Crippen molar-refractivity contribution in [2.45, 2.75) is 31.8 Å². The number of nitrogens with zero attached hydrogens (tertiary/aromatic N) is 3. The molecule has 0 saturated carbocycles. The van der Waals surface area contributed by atoms with Gasteiger partial charge in [-0.15, -0.1) is 0 Å². The van der Waals surface area contributed by atoms with Gasteiger partial charge in [0.2, 0.25) is 0 Å². The van der Waals surface area contributed by atoms with Gasteiger partial charge < -0.3 is 5.11 Å². The molecule has 20 heavy (non-hydrogen) atoms. The molecule has 1 atom stereocenters. The number of carboxylic acids is 1. The number of hydrogen-bond donors (Lipinski definition) is 1. The monoisotopic (exact) mass is 275 g/mol. The van der Waals surface area contributed by atoms with Crippen molar-refractivity contribution in [3.05, 3.63) is 29.6 Å². The number of rotatable bonds is 3. The molecule has 0 aromatic carbocycles. The molecule has 2 aliphatic rings. The smallest absolute Gasteiger partial charge is 0.354 e. The number of hydrogen-bond acceptors (Lipinski definition) is 4. The minimum Gasteiger partial charge on any atom is -0.477 e. The Balaban J connectivity index is 1.68. The second kappa shape index (κ2) is 5.89. The number of carbonyl (C=O) groups is 1. The summed E-state index contributed by atoms with van der Waals surface area (Å²) in [5.74, 6) is -0.933. The second-order valence-electron chi connectivity index (χ2n) is 5.74. The van der Waals surface area contributed by atoms with Crippen LogP contribution in [0.25, 0.3) is 0 Å². The molecule has 0 bridgehead atoms. The van der Waals surface area contributed by atoms with Gasteiger partial charge in [-0.2, -0.15) is 0 Å². The van der Waals surface area contributed by atoms with E-state index >= 15 is 0 Å². The third kappa shape index (κ3) is 2.83. The lowest BCUT2D eigenvalue weighted by molar-refractivity contribution is 0.0451. The van der Waals surface area contributed by atoms with Gasteiger partial charge >= 0.3 is 5.97 Å². The standard InChI is InChI=1S/C15H21N3O2/c19-15(20)14-12(4-3-6-16-14)10-17-8-9-18-7-2-1-5-13(18)11-17/h3-4,6,13H,1-2,5,7-11H2,(H,19,20). The third-order valence-electron chi connectivity index (χ3n) is 4.41. The number of fused-ring (bicyclic) bond motifs is 1. The van der Waals surface area contributed by atoms with Gasteiger partial charge in [-0.3, -0.25) is 9.80 Å². The van der Waals surface area contributed by atoms with Gasteiger partial charge in [0, 0.05) is 38.4 Å². The minimum atomic E-state index is -0.933. The van der Waals surface area contributed by atoms with Gasteiger partial charge in [-0.1, -0.05) is 12.5 Å². The SMILES string of the molecule is O=C(O)c1ncccc1CN1CCN2CCCCC2C1. The summed E-state index contributed by atoms with van der Waals surface area (Å²) in [7, 11) is 0. The Hall–Kier alpha value is -1.46. The molecular weight excluding hydrogens is 254 g/mol. The van der Waals surface area contributed by atoms with Gasteiger partial charge in [-0.05, 0) is 31.0 Å². The van der Waals surface area contributed by atoms with E-state index < -0.39 is 5.97 Å². The summed E-state index contributed by atoms with van der Waals surface area (Å²) in [6, 6.07) is 4.35. The summed E-state index contributed by atoms with van der Waals surface area (Å²) in [5, 5.41) is 9.19. The first-order valence-corrected chi connectivity index (χ1v) is 7.37. The summed E-state index contributed by atoms with van der Waals surface area (Å²) >= 11 is 0. The summed E-state index contributed by atoms with van der Waals surface area (Å²) in [6.45, 7) is 5.09. The van der Waals surface area contributed by atoms with E-state index in [-0.39, 0.29) is 5.69 Å². The highest BCUT2D eigenvalue weighted by atomic mass is 16.4. The van der Waals surface area contributed by atoms with Crippen LogP contribution in [0.4, 0.5) is 0 Å². The highest BCUT2D eigenvalue weighted by Crippen LogP contribution is 2.22. The van der Waals surface area contributed by atoms with Crippen molar-refractivity contribution in [2.75, 3.05) is 26.2 Å². The molecular formula is C15H21N3O2. The van der Waals surface area contributed by atoms with Crippen LogP contribution in [-0.4, -0.2) is 58.1 Å². The van der Waals surface area contributed by atoms with Gasteiger partial charge in [0.1, 0.15) is 0 Å². The molecule has 0 aliphatic carbocycles. The van der Waals surface area contributed by atoms with Crippen LogP contribution in [0.2, 0.25) is 0 Å². The number of aromatic carboxylic acids is 1. The summed E-state index contributed by atoms with van der Waals surface area (Å²) in [6.07, 6.45) is 5.46. The molecule has 108 valence electrons. The summed E-state index contributed by atoms with van der Waals surface area (Å²) in [4.78, 5) is 20.1. The molecule has 1 unspecified atom stereocenters. The van der Waals surface area contributed by atoms with E-state index in [2.05, 4.69) is 14.8 Å². The predicted molar refractivity (Wildman–Crippen MR) is 75.7 cm³/mol. The maximum atomic E-state index is 11.2. The first-order chi connectivity index (χ1) is 9.74. The molecule has 0 spiro atoms. The van der Waals surface area contributed by atoms with Crippen molar-refractivity contribution < 1.29 is 9.90 Å². The average molecular weight is 275 g/mol. The molecule has 5 nitrogen and oxygen atoms in total. The van der Waals surface area contributed by atoms with Crippen molar-refractivity contribution in [1.82, 2.24) is 14.8 Å². The van der Waals surface area contributed by atoms with Crippen LogP contribution in [0.1, 0.15) is 35.3 Å². The van der Waals surface area contributed by atoms with E-state index in [1.165, 1.54) is 25.8 Å². The number of pyridine rings is 1. The fourth-order valence-electron chi connectivity index (χ4n) is 3.36. The maximum Gasteiger partial charge on any atom is 0.354 e. The van der Waals surface area contributed by atoms with Crippen molar-refractivity contribution in [3.63, 3.8) is 0 Å². The van der Waals surface area contributed by atoms with E-state index in [0.717, 1.165) is 25.2 Å².